The zero-order valence-corrected chi connectivity index (χ0v) is 34.7. The van der Waals surface area contributed by atoms with E-state index in [2.05, 4.69) is 13.8 Å². The third-order valence-electron chi connectivity index (χ3n) is 16.2. The summed E-state index contributed by atoms with van der Waals surface area (Å²) in [5.41, 5.74) is 0.0321. The number of hydrogen-bond acceptors (Lipinski definition) is 18. The Bertz CT molecular complexity index is 1610. The molecule has 4 aliphatic carbocycles. The van der Waals surface area contributed by atoms with Gasteiger partial charge in [-0.25, -0.2) is 4.79 Å². The van der Waals surface area contributed by atoms with E-state index in [0.717, 1.165) is 56.9 Å². The van der Waals surface area contributed by atoms with Crippen LogP contribution in [-0.4, -0.2) is 178 Å². The number of Topliss-reactive ketones (excluding diaryl/α,β-unsaturated/α-hetero) is 1. The topological polar surface area (TPSA) is 270 Å². The van der Waals surface area contributed by atoms with Crippen molar-refractivity contribution in [2.75, 3.05) is 26.9 Å². The van der Waals surface area contributed by atoms with Crippen LogP contribution < -0.4 is 0 Å². The van der Waals surface area contributed by atoms with Gasteiger partial charge in [0.25, 0.3) is 0 Å². The summed E-state index contributed by atoms with van der Waals surface area (Å²) < 4.78 is 46.6. The number of methoxy groups -OCH3 is 1. The molecule has 4 heterocycles. The van der Waals surface area contributed by atoms with Gasteiger partial charge >= 0.3 is 5.97 Å². The molecule has 340 valence electrons. The first-order chi connectivity index (χ1) is 28.5. The van der Waals surface area contributed by atoms with Crippen molar-refractivity contribution in [1.29, 1.82) is 0 Å². The number of ketones is 1. The Balaban J connectivity index is 0.880. The fraction of sp³-hybridized carbons (Fsp3) is 0.905. The van der Waals surface area contributed by atoms with Gasteiger partial charge in [0.1, 0.15) is 79.5 Å². The fourth-order valence-corrected chi connectivity index (χ4v) is 12.8. The highest BCUT2D eigenvalue weighted by atomic mass is 16.8. The molecule has 8 N–H and O–H groups in total. The van der Waals surface area contributed by atoms with Gasteiger partial charge < -0.3 is 78.7 Å². The van der Waals surface area contributed by atoms with Gasteiger partial charge in [-0.15, -0.1) is 0 Å². The van der Waals surface area contributed by atoms with E-state index in [1.54, 1.807) is 13.0 Å². The third-order valence-corrected chi connectivity index (χ3v) is 16.2. The minimum atomic E-state index is -1.77. The molecule has 60 heavy (non-hydrogen) atoms. The first-order valence-electron chi connectivity index (χ1n) is 21.7. The van der Waals surface area contributed by atoms with E-state index in [1.165, 1.54) is 7.11 Å². The molecule has 18 heteroatoms. The van der Waals surface area contributed by atoms with Gasteiger partial charge in [-0.3, -0.25) is 4.79 Å². The summed E-state index contributed by atoms with van der Waals surface area (Å²) in [4.78, 5) is 26.6. The van der Waals surface area contributed by atoms with Gasteiger partial charge in [0.15, 0.2) is 18.9 Å². The van der Waals surface area contributed by atoms with E-state index < -0.39 is 111 Å². The minimum Gasteiger partial charge on any atom is -0.458 e. The fourth-order valence-electron chi connectivity index (χ4n) is 12.8. The zero-order valence-electron chi connectivity index (χ0n) is 34.7. The summed E-state index contributed by atoms with van der Waals surface area (Å²) in [5.74, 6) is 0.644. The quantitative estimate of drug-likeness (QED) is 0.0964. The number of aliphatic hydroxyl groups excluding tert-OH is 8. The lowest BCUT2D eigenvalue weighted by atomic mass is 9.37. The van der Waals surface area contributed by atoms with E-state index >= 15 is 0 Å². The second-order valence-corrected chi connectivity index (χ2v) is 19.2. The molecule has 0 amide bonds. The molecule has 22 atom stereocenters. The van der Waals surface area contributed by atoms with Gasteiger partial charge in [-0.2, -0.15) is 0 Å². The summed E-state index contributed by atoms with van der Waals surface area (Å²) >= 11 is 0. The molecule has 4 saturated carbocycles. The number of hydrogen-bond donors (Lipinski definition) is 8. The molecule has 7 fully saturated rings. The molecular formula is C42H64O18. The van der Waals surface area contributed by atoms with Crippen LogP contribution in [0.4, 0.5) is 0 Å². The highest BCUT2D eigenvalue weighted by Gasteiger charge is 2.68. The Morgan fingerprint density at radius 2 is 1.40 bits per heavy atom. The van der Waals surface area contributed by atoms with Crippen molar-refractivity contribution >= 4 is 11.8 Å². The van der Waals surface area contributed by atoms with E-state index in [4.69, 9.17) is 37.9 Å². The number of carbonyl (C=O) groups excluding carboxylic acids is 2. The van der Waals surface area contributed by atoms with E-state index in [0.29, 0.717) is 18.1 Å². The van der Waals surface area contributed by atoms with Gasteiger partial charge in [0.2, 0.25) is 0 Å². The van der Waals surface area contributed by atoms with Crippen molar-refractivity contribution in [3.63, 3.8) is 0 Å². The summed E-state index contributed by atoms with van der Waals surface area (Å²) in [5, 5.41) is 84.0. The Kier molecular flexibility index (Phi) is 12.7. The number of rotatable bonds is 10. The zero-order chi connectivity index (χ0) is 43.1. The third kappa shape index (κ3) is 7.42. The van der Waals surface area contributed by atoms with Crippen molar-refractivity contribution < 1.29 is 88.3 Å². The second kappa shape index (κ2) is 17.0. The second-order valence-electron chi connectivity index (χ2n) is 19.2. The SMILES string of the molecule is CO[C@H]1[C@H](O)[C@@H](O[C@H]2CC[C@@]3(C)[C@H](CC[C@@]45CC[C@H](C6=CC(=O)OC6)[C@@](C)(CC[C@@H]43)C5=O)C2)O[C@@H](C)[C@@H]1O[C@H]1O[C@@H](CO[C@H]2O[C@@H](CO)[C@H](O)[C@@H](O)[C@@H]2O)[C@H](O)[C@@H](O)[C@@H]1O. The van der Waals surface area contributed by atoms with Crippen LogP contribution in [0, 0.1) is 34.0 Å². The van der Waals surface area contributed by atoms with Crippen LogP contribution in [0.15, 0.2) is 11.6 Å². The largest absolute Gasteiger partial charge is 0.458 e. The van der Waals surface area contributed by atoms with Crippen LogP contribution in [0.1, 0.15) is 78.6 Å². The highest BCUT2D eigenvalue weighted by Crippen LogP contribution is 2.70. The number of ether oxygens (including phenoxy) is 8. The normalized spacial score (nSPS) is 53.2. The lowest BCUT2D eigenvalue weighted by Crippen LogP contribution is -2.65. The molecule has 3 saturated heterocycles. The number of carbonyl (C=O) groups is 2. The first kappa shape index (κ1) is 44.9. The van der Waals surface area contributed by atoms with Gasteiger partial charge in [0.05, 0.1) is 25.4 Å². The Labute approximate surface area is 349 Å². The molecular weight excluding hydrogens is 792 g/mol. The van der Waals surface area contributed by atoms with E-state index in [1.807, 2.05) is 0 Å². The van der Waals surface area contributed by atoms with Crippen molar-refractivity contribution in [3.05, 3.63) is 11.6 Å². The number of esters is 1. The van der Waals surface area contributed by atoms with Crippen molar-refractivity contribution in [3.8, 4) is 0 Å². The molecule has 4 aliphatic heterocycles. The first-order valence-corrected chi connectivity index (χ1v) is 21.7. The number of fused-ring (bicyclic) bond motifs is 3. The maximum absolute atomic E-state index is 14.6. The predicted octanol–water partition coefficient (Wildman–Crippen LogP) is -1.03. The van der Waals surface area contributed by atoms with Gasteiger partial charge in [-0.1, -0.05) is 13.8 Å². The van der Waals surface area contributed by atoms with Crippen LogP contribution in [0.3, 0.4) is 0 Å². The average molecular weight is 857 g/mol. The molecule has 1 spiro atoms. The van der Waals surface area contributed by atoms with E-state index in [9.17, 15) is 50.4 Å². The molecule has 0 aromatic rings. The highest BCUT2D eigenvalue weighted by molar-refractivity contribution is 5.93. The standard InChI is InChI=1S/C42H64O18/c1-18-34(60-37-32(50)30(48)28(46)24(59-37)17-55-36-31(49)29(47)27(45)23(15-43)58-36)35(53-4)33(51)38(56-18)57-21-6-9-40(2)20(14-21)5-11-42-12-7-22(19-13-26(44)54-16-19)41(3,39(42)52)10-8-25(40)42/h13,18,20-25,27-38,43,45-51H,5-12,14-17H2,1-4H3/t18-,20+,21-,22+,23-,24-,25+,27-,28-,29+,30+,31-,32-,33-,34-,35-,36-,37+,38+,40-,41+,42+/m0/s1. The lowest BCUT2D eigenvalue weighted by molar-refractivity contribution is -0.367. The molecule has 0 aromatic carbocycles. The summed E-state index contributed by atoms with van der Waals surface area (Å²) in [7, 11) is 1.39. The molecule has 8 aliphatic rings. The minimum absolute atomic E-state index is 0.0346. The van der Waals surface area contributed by atoms with Crippen LogP contribution in [0.5, 0.6) is 0 Å². The maximum atomic E-state index is 14.6. The predicted molar refractivity (Wildman–Crippen MR) is 202 cm³/mol. The average Bonchev–Trinajstić information content (AvgIpc) is 3.65. The molecule has 0 radical (unpaired) electrons. The molecule has 2 bridgehead atoms. The maximum Gasteiger partial charge on any atom is 0.331 e. The van der Waals surface area contributed by atoms with Crippen molar-refractivity contribution in [2.45, 2.75) is 177 Å². The Morgan fingerprint density at radius 1 is 0.733 bits per heavy atom. The molecule has 18 nitrogen and oxygen atoms in total. The number of aliphatic hydroxyl groups is 8. The van der Waals surface area contributed by atoms with E-state index in [-0.39, 0.29) is 41.3 Å². The summed E-state index contributed by atoms with van der Waals surface area (Å²) in [6, 6.07) is 0. The monoisotopic (exact) mass is 856 g/mol. The van der Waals surface area contributed by atoms with Crippen LogP contribution in [0.25, 0.3) is 0 Å². The Morgan fingerprint density at radius 3 is 2.08 bits per heavy atom. The Hall–Kier alpha value is -1.72. The summed E-state index contributed by atoms with van der Waals surface area (Å²) in [6.07, 6.45) is -12.4. The van der Waals surface area contributed by atoms with Crippen LogP contribution in [-0.2, 0) is 47.5 Å². The van der Waals surface area contributed by atoms with Gasteiger partial charge in [-0.05, 0) is 93.5 Å². The number of cyclic esters (lactones) is 1. The van der Waals surface area contributed by atoms with Crippen molar-refractivity contribution in [2.24, 2.45) is 34.0 Å². The molecule has 0 unspecified atom stereocenters. The van der Waals surface area contributed by atoms with Crippen molar-refractivity contribution in [1.82, 2.24) is 0 Å². The van der Waals surface area contributed by atoms with Crippen LogP contribution >= 0.6 is 0 Å². The summed E-state index contributed by atoms with van der Waals surface area (Å²) in [6.45, 7) is 5.22. The molecule has 0 aromatic heterocycles. The smallest absolute Gasteiger partial charge is 0.331 e. The molecule has 8 rings (SSSR count). The van der Waals surface area contributed by atoms with Crippen LogP contribution in [0.2, 0.25) is 0 Å². The lowest BCUT2D eigenvalue weighted by Gasteiger charge is -2.66. The van der Waals surface area contributed by atoms with Gasteiger partial charge in [0, 0.05) is 24.0 Å².